The molecule has 1 amide bonds. The number of methoxy groups -OCH3 is 1. The predicted octanol–water partition coefficient (Wildman–Crippen LogP) is 1.58. The summed E-state index contributed by atoms with van der Waals surface area (Å²) in [5, 5.41) is 11.7. The van der Waals surface area contributed by atoms with Crippen molar-refractivity contribution >= 4 is 28.4 Å². The minimum Gasteiger partial charge on any atom is -0.384 e. The highest BCUT2D eigenvalue weighted by Gasteiger charge is 2.43. The first-order valence-electron chi connectivity index (χ1n) is 6.75. The van der Waals surface area contributed by atoms with E-state index < -0.39 is 5.60 Å². The van der Waals surface area contributed by atoms with E-state index in [4.69, 9.17) is 16.3 Å². The number of aromatic nitrogens is 1. The average Bonchev–Trinajstić information content (AvgIpc) is 2.78. The third-order valence-corrected chi connectivity index (χ3v) is 4.04. The summed E-state index contributed by atoms with van der Waals surface area (Å²) in [5.41, 5.74) is 0.969. The van der Waals surface area contributed by atoms with Crippen LogP contribution in [0.1, 0.15) is 5.56 Å². The molecule has 112 valence electrons. The average molecular weight is 309 g/mol. The van der Waals surface area contributed by atoms with Crippen LogP contribution in [0.25, 0.3) is 10.9 Å². The molecule has 21 heavy (non-hydrogen) atoms. The normalized spacial score (nSPS) is 17.0. The van der Waals surface area contributed by atoms with Crippen LogP contribution in [0.15, 0.2) is 24.4 Å². The number of nitrogens with zero attached hydrogens (tertiary/aromatic N) is 1. The molecular formula is C15H17ClN2O3. The number of fused-ring (bicyclic) bond motifs is 1. The number of nitrogens with one attached hydrogen (secondary N) is 1. The van der Waals surface area contributed by atoms with Gasteiger partial charge in [0.05, 0.1) is 26.1 Å². The number of aliphatic hydroxyl groups is 1. The van der Waals surface area contributed by atoms with Crippen LogP contribution in [-0.4, -0.2) is 53.3 Å². The number of H-pyrrole nitrogens is 1. The van der Waals surface area contributed by atoms with E-state index in [0.717, 1.165) is 16.5 Å². The molecule has 5 nitrogen and oxygen atoms in total. The van der Waals surface area contributed by atoms with E-state index in [-0.39, 0.29) is 12.5 Å². The zero-order valence-corrected chi connectivity index (χ0v) is 12.5. The number of hydrogen-bond acceptors (Lipinski definition) is 3. The summed E-state index contributed by atoms with van der Waals surface area (Å²) in [7, 11) is 1.54. The summed E-state index contributed by atoms with van der Waals surface area (Å²) < 4.78 is 4.95. The van der Waals surface area contributed by atoms with Gasteiger partial charge in [0.15, 0.2) is 0 Å². The zero-order chi connectivity index (χ0) is 15.0. The molecule has 0 saturated carbocycles. The van der Waals surface area contributed by atoms with Crippen molar-refractivity contribution in [3.8, 4) is 0 Å². The number of amides is 1. The number of rotatable bonds is 4. The number of hydrogen-bond donors (Lipinski definition) is 2. The minimum absolute atomic E-state index is 0.00614. The lowest BCUT2D eigenvalue weighted by Crippen LogP contribution is -2.65. The van der Waals surface area contributed by atoms with Gasteiger partial charge >= 0.3 is 0 Å². The summed E-state index contributed by atoms with van der Waals surface area (Å²) in [5.74, 6) is 0.00614. The first kappa shape index (κ1) is 14.4. The van der Waals surface area contributed by atoms with Crippen LogP contribution < -0.4 is 0 Å². The lowest BCUT2D eigenvalue weighted by Gasteiger charge is -2.46. The summed E-state index contributed by atoms with van der Waals surface area (Å²) in [6, 6.07) is 5.56. The van der Waals surface area contributed by atoms with Gasteiger partial charge in [-0.1, -0.05) is 17.7 Å². The molecule has 0 spiro atoms. The highest BCUT2D eigenvalue weighted by Crippen LogP contribution is 2.25. The Morgan fingerprint density at radius 3 is 3.00 bits per heavy atom. The van der Waals surface area contributed by atoms with Gasteiger partial charge in [0.2, 0.25) is 5.91 Å². The van der Waals surface area contributed by atoms with E-state index in [1.807, 2.05) is 24.4 Å². The first-order valence-corrected chi connectivity index (χ1v) is 7.13. The van der Waals surface area contributed by atoms with Crippen LogP contribution in [0.2, 0.25) is 5.02 Å². The monoisotopic (exact) mass is 308 g/mol. The van der Waals surface area contributed by atoms with Crippen molar-refractivity contribution < 1.29 is 14.6 Å². The summed E-state index contributed by atoms with van der Waals surface area (Å²) >= 11 is 5.94. The van der Waals surface area contributed by atoms with Gasteiger partial charge in [0.25, 0.3) is 0 Å². The standard InChI is InChI=1S/C15H17ClN2O3/c1-21-9-15(20)7-18(8-15)14(19)4-10-6-17-13-5-11(16)2-3-12(10)13/h2-3,5-6,17,20H,4,7-9H2,1H3. The molecule has 1 aromatic heterocycles. The fourth-order valence-electron chi connectivity index (χ4n) is 2.78. The van der Waals surface area contributed by atoms with E-state index in [0.29, 0.717) is 24.5 Å². The second-order valence-corrected chi connectivity index (χ2v) is 6.02. The molecule has 1 fully saturated rings. The smallest absolute Gasteiger partial charge is 0.227 e. The first-order chi connectivity index (χ1) is 10.0. The Bertz CT molecular complexity index is 677. The van der Waals surface area contributed by atoms with Crippen LogP contribution in [0.4, 0.5) is 0 Å². The maximum absolute atomic E-state index is 12.2. The van der Waals surface area contributed by atoms with Crippen molar-refractivity contribution in [3.05, 3.63) is 35.0 Å². The maximum Gasteiger partial charge on any atom is 0.227 e. The molecule has 0 unspecified atom stereocenters. The number of ether oxygens (including phenoxy) is 1. The van der Waals surface area contributed by atoms with E-state index in [2.05, 4.69) is 4.98 Å². The number of aromatic amines is 1. The quantitative estimate of drug-likeness (QED) is 0.901. The van der Waals surface area contributed by atoms with Gasteiger partial charge in [-0.3, -0.25) is 4.79 Å². The third kappa shape index (κ3) is 2.77. The molecular weight excluding hydrogens is 292 g/mol. The maximum atomic E-state index is 12.2. The van der Waals surface area contributed by atoms with E-state index in [1.165, 1.54) is 0 Å². The van der Waals surface area contributed by atoms with Crippen LogP contribution in [0.3, 0.4) is 0 Å². The molecule has 1 aliphatic rings. The molecule has 0 radical (unpaired) electrons. The topological polar surface area (TPSA) is 65.6 Å². The molecule has 2 heterocycles. The fourth-order valence-corrected chi connectivity index (χ4v) is 2.95. The lowest BCUT2D eigenvalue weighted by atomic mass is 9.94. The predicted molar refractivity (Wildman–Crippen MR) is 80.4 cm³/mol. The summed E-state index contributed by atoms with van der Waals surface area (Å²) in [4.78, 5) is 17.0. The van der Waals surface area contributed by atoms with Gasteiger partial charge in [-0.25, -0.2) is 0 Å². The zero-order valence-electron chi connectivity index (χ0n) is 11.7. The van der Waals surface area contributed by atoms with Crippen molar-refractivity contribution in [2.24, 2.45) is 0 Å². The van der Waals surface area contributed by atoms with Crippen molar-refractivity contribution in [2.75, 3.05) is 26.8 Å². The molecule has 2 aromatic rings. The van der Waals surface area contributed by atoms with Crippen molar-refractivity contribution in [1.29, 1.82) is 0 Å². The third-order valence-electron chi connectivity index (χ3n) is 3.81. The molecule has 0 atom stereocenters. The molecule has 1 saturated heterocycles. The van der Waals surface area contributed by atoms with E-state index >= 15 is 0 Å². The highest BCUT2D eigenvalue weighted by atomic mass is 35.5. The fraction of sp³-hybridized carbons (Fsp3) is 0.400. The van der Waals surface area contributed by atoms with Gasteiger partial charge in [-0.05, 0) is 17.7 Å². The Kier molecular flexibility index (Phi) is 3.65. The number of β-amino-alcohol motifs (C(OH)–C–C–N with tert-alkyl or cyclic N) is 1. The van der Waals surface area contributed by atoms with Crippen molar-refractivity contribution in [2.45, 2.75) is 12.0 Å². The Morgan fingerprint density at radius 1 is 1.52 bits per heavy atom. The second kappa shape index (κ2) is 5.33. The van der Waals surface area contributed by atoms with Crippen LogP contribution in [0, 0.1) is 0 Å². The second-order valence-electron chi connectivity index (χ2n) is 5.59. The van der Waals surface area contributed by atoms with Crippen molar-refractivity contribution in [3.63, 3.8) is 0 Å². The lowest BCUT2D eigenvalue weighted by molar-refractivity contribution is -0.164. The summed E-state index contributed by atoms with van der Waals surface area (Å²) in [6.07, 6.45) is 2.14. The SMILES string of the molecule is COCC1(O)CN(C(=O)Cc2c[nH]c3cc(Cl)ccc23)C1. The van der Waals surface area contributed by atoms with Gasteiger partial charge in [-0.15, -0.1) is 0 Å². The van der Waals surface area contributed by atoms with Gasteiger partial charge in [0, 0.05) is 29.2 Å². The minimum atomic E-state index is -0.891. The molecule has 0 bridgehead atoms. The number of carbonyl (C=O) groups is 1. The van der Waals surface area contributed by atoms with E-state index in [9.17, 15) is 9.90 Å². The number of likely N-dealkylation sites (tertiary alicyclic amines) is 1. The molecule has 6 heteroatoms. The summed E-state index contributed by atoms with van der Waals surface area (Å²) in [6.45, 7) is 0.907. The van der Waals surface area contributed by atoms with Crippen LogP contribution in [0.5, 0.6) is 0 Å². The number of halogens is 1. The molecule has 0 aliphatic carbocycles. The largest absolute Gasteiger partial charge is 0.384 e. The van der Waals surface area contributed by atoms with Gasteiger partial charge < -0.3 is 19.7 Å². The van der Waals surface area contributed by atoms with Crippen LogP contribution >= 0.6 is 11.6 Å². The Balaban J connectivity index is 1.68. The van der Waals surface area contributed by atoms with E-state index in [1.54, 1.807) is 12.0 Å². The molecule has 3 rings (SSSR count). The molecule has 1 aliphatic heterocycles. The Labute approximate surface area is 127 Å². The highest BCUT2D eigenvalue weighted by molar-refractivity contribution is 6.31. The number of benzene rings is 1. The molecule has 1 aromatic carbocycles. The number of carbonyl (C=O) groups excluding carboxylic acids is 1. The van der Waals surface area contributed by atoms with Crippen LogP contribution in [-0.2, 0) is 16.0 Å². The Morgan fingerprint density at radius 2 is 2.29 bits per heavy atom. The van der Waals surface area contributed by atoms with Crippen molar-refractivity contribution in [1.82, 2.24) is 9.88 Å². The van der Waals surface area contributed by atoms with Gasteiger partial charge in [-0.2, -0.15) is 0 Å². The van der Waals surface area contributed by atoms with Gasteiger partial charge in [0.1, 0.15) is 5.60 Å². The molecule has 2 N–H and O–H groups in total. The Hall–Kier alpha value is -1.56.